The highest BCUT2D eigenvalue weighted by Gasteiger charge is 1.99. The summed E-state index contributed by atoms with van der Waals surface area (Å²) in [6.07, 6.45) is 0.988. The molecule has 0 spiro atoms. The second kappa shape index (κ2) is 13.6. The lowest BCUT2D eigenvalue weighted by molar-refractivity contribution is 0.145. The van der Waals surface area contributed by atoms with E-state index in [9.17, 15) is 0 Å². The molecule has 6 heteroatoms. The third-order valence-electron chi connectivity index (χ3n) is 2.65. The Morgan fingerprint density at radius 3 is 2.53 bits per heavy atom. The number of nitrogens with one attached hydrogen (secondary N) is 2. The van der Waals surface area contributed by atoms with Crippen LogP contribution in [0.1, 0.15) is 13.3 Å². The topological polar surface area (TPSA) is 58.1 Å². The molecule has 114 valence electrons. The molecule has 0 aromatic rings. The average molecular weight is 274 g/mol. The largest absolute Gasteiger partial charge is 0.383 e. The van der Waals surface area contributed by atoms with Gasteiger partial charge in [0.1, 0.15) is 0 Å². The van der Waals surface area contributed by atoms with Crippen molar-refractivity contribution in [2.45, 2.75) is 13.3 Å². The van der Waals surface area contributed by atoms with Crippen LogP contribution in [0.15, 0.2) is 4.99 Å². The van der Waals surface area contributed by atoms with Gasteiger partial charge in [0, 0.05) is 53.6 Å². The molecule has 0 amide bonds. The summed E-state index contributed by atoms with van der Waals surface area (Å²) in [4.78, 5) is 6.40. The van der Waals surface area contributed by atoms with Gasteiger partial charge in [-0.15, -0.1) is 0 Å². The predicted molar refractivity (Wildman–Crippen MR) is 79.8 cm³/mol. The molecule has 0 bridgehead atoms. The van der Waals surface area contributed by atoms with E-state index >= 15 is 0 Å². The minimum atomic E-state index is 0.765. The van der Waals surface area contributed by atoms with Crippen molar-refractivity contribution in [2.24, 2.45) is 4.99 Å². The molecule has 0 aromatic carbocycles. The maximum atomic E-state index is 5.28. The third kappa shape index (κ3) is 11.9. The molecule has 0 aliphatic carbocycles. The van der Waals surface area contributed by atoms with Crippen LogP contribution in [-0.4, -0.2) is 78.1 Å². The van der Waals surface area contributed by atoms with E-state index in [1.165, 1.54) is 0 Å². The quantitative estimate of drug-likeness (QED) is 0.319. The highest BCUT2D eigenvalue weighted by atomic mass is 16.5. The number of hydrogen-bond donors (Lipinski definition) is 2. The summed E-state index contributed by atoms with van der Waals surface area (Å²) in [6, 6.07) is 0. The van der Waals surface area contributed by atoms with Gasteiger partial charge in [-0.3, -0.25) is 4.99 Å². The summed E-state index contributed by atoms with van der Waals surface area (Å²) in [6.45, 7) is 7.99. The van der Waals surface area contributed by atoms with E-state index in [0.29, 0.717) is 0 Å². The van der Waals surface area contributed by atoms with E-state index in [1.807, 2.05) is 6.92 Å². The van der Waals surface area contributed by atoms with E-state index in [1.54, 1.807) is 14.2 Å². The maximum absolute atomic E-state index is 5.28. The van der Waals surface area contributed by atoms with Crippen molar-refractivity contribution in [1.82, 2.24) is 15.5 Å². The van der Waals surface area contributed by atoms with Gasteiger partial charge in [-0.25, -0.2) is 0 Å². The number of nitrogens with zero attached hydrogens (tertiary/aromatic N) is 2. The number of hydrogen-bond acceptors (Lipinski definition) is 4. The van der Waals surface area contributed by atoms with Gasteiger partial charge in [0.2, 0.25) is 0 Å². The molecule has 0 aromatic heterocycles. The summed E-state index contributed by atoms with van der Waals surface area (Å²) >= 11 is 0. The number of aliphatic imine (C=N–C) groups is 1. The Kier molecular flexibility index (Phi) is 13.0. The van der Waals surface area contributed by atoms with Gasteiger partial charge in [0.05, 0.1) is 6.61 Å². The van der Waals surface area contributed by atoms with Crippen LogP contribution in [-0.2, 0) is 9.47 Å². The van der Waals surface area contributed by atoms with E-state index < -0.39 is 0 Å². The Hall–Kier alpha value is -0.850. The number of ether oxygens (including phenoxy) is 2. The fourth-order valence-electron chi connectivity index (χ4n) is 1.47. The van der Waals surface area contributed by atoms with Crippen LogP contribution >= 0.6 is 0 Å². The van der Waals surface area contributed by atoms with E-state index in [2.05, 4.69) is 27.6 Å². The molecule has 6 nitrogen and oxygen atoms in total. The predicted octanol–water partition coefficient (Wildman–Crippen LogP) is 0.156. The summed E-state index contributed by atoms with van der Waals surface area (Å²) in [5.41, 5.74) is 0. The Bertz CT molecular complexity index is 225. The Morgan fingerprint density at radius 1 is 1.16 bits per heavy atom. The second-order valence-electron chi connectivity index (χ2n) is 4.27. The third-order valence-corrected chi connectivity index (χ3v) is 2.65. The van der Waals surface area contributed by atoms with Crippen LogP contribution in [0.5, 0.6) is 0 Å². The molecule has 0 saturated heterocycles. The van der Waals surface area contributed by atoms with E-state index in [4.69, 9.17) is 9.47 Å². The Labute approximate surface area is 117 Å². The first-order valence-electron chi connectivity index (χ1n) is 6.94. The molecule has 19 heavy (non-hydrogen) atoms. The molecule has 0 unspecified atom stereocenters. The minimum Gasteiger partial charge on any atom is -0.383 e. The first-order chi connectivity index (χ1) is 9.24. The zero-order valence-corrected chi connectivity index (χ0v) is 12.9. The fourth-order valence-corrected chi connectivity index (χ4v) is 1.47. The Morgan fingerprint density at radius 2 is 1.89 bits per heavy atom. The van der Waals surface area contributed by atoms with Gasteiger partial charge in [-0.05, 0) is 20.4 Å². The molecule has 0 aliphatic heterocycles. The fraction of sp³-hybridized carbons (Fsp3) is 0.923. The monoisotopic (exact) mass is 274 g/mol. The highest BCUT2D eigenvalue weighted by Crippen LogP contribution is 1.82. The molecule has 0 radical (unpaired) electrons. The van der Waals surface area contributed by atoms with Crippen LogP contribution in [0.25, 0.3) is 0 Å². The van der Waals surface area contributed by atoms with Crippen molar-refractivity contribution in [3.8, 4) is 0 Å². The normalized spacial score (nSPS) is 11.9. The van der Waals surface area contributed by atoms with Crippen LogP contribution in [0.4, 0.5) is 0 Å². The van der Waals surface area contributed by atoms with Crippen LogP contribution in [0, 0.1) is 0 Å². The lowest BCUT2D eigenvalue weighted by Gasteiger charge is -2.17. The minimum absolute atomic E-state index is 0.765. The van der Waals surface area contributed by atoms with Crippen molar-refractivity contribution < 1.29 is 9.47 Å². The number of guanidine groups is 1. The zero-order valence-electron chi connectivity index (χ0n) is 12.9. The van der Waals surface area contributed by atoms with Crippen molar-refractivity contribution in [2.75, 3.05) is 67.2 Å². The van der Waals surface area contributed by atoms with Crippen LogP contribution < -0.4 is 10.6 Å². The lowest BCUT2D eigenvalue weighted by atomic mass is 10.4. The molecule has 0 heterocycles. The van der Waals surface area contributed by atoms with Crippen molar-refractivity contribution in [1.29, 1.82) is 0 Å². The van der Waals surface area contributed by atoms with Crippen molar-refractivity contribution in [3.05, 3.63) is 0 Å². The molecule has 0 atom stereocenters. The molecular formula is C13H30N4O2. The van der Waals surface area contributed by atoms with E-state index in [0.717, 1.165) is 58.4 Å². The number of rotatable bonds is 11. The molecule has 0 rings (SSSR count). The smallest absolute Gasteiger partial charge is 0.191 e. The summed E-state index contributed by atoms with van der Waals surface area (Å²) in [5.74, 6) is 0.844. The molecule has 0 aliphatic rings. The zero-order chi connectivity index (χ0) is 14.3. The number of methoxy groups -OCH3 is 1. The lowest BCUT2D eigenvalue weighted by Crippen LogP contribution is -2.41. The van der Waals surface area contributed by atoms with Gasteiger partial charge >= 0.3 is 0 Å². The van der Waals surface area contributed by atoms with Gasteiger partial charge in [0.15, 0.2) is 5.96 Å². The summed E-state index contributed by atoms with van der Waals surface area (Å²) in [5, 5.41) is 6.54. The SMILES string of the molecule is CCOCCCNC(=NC)NCCN(C)CCOC. The van der Waals surface area contributed by atoms with Gasteiger partial charge in [-0.2, -0.15) is 0 Å². The highest BCUT2D eigenvalue weighted by molar-refractivity contribution is 5.79. The van der Waals surface area contributed by atoms with Crippen molar-refractivity contribution in [3.63, 3.8) is 0 Å². The van der Waals surface area contributed by atoms with Gasteiger partial charge in [-0.1, -0.05) is 0 Å². The molecule has 0 saturated carbocycles. The molecule has 0 fully saturated rings. The van der Waals surface area contributed by atoms with Crippen LogP contribution in [0.2, 0.25) is 0 Å². The maximum Gasteiger partial charge on any atom is 0.191 e. The first kappa shape index (κ1) is 18.1. The number of likely N-dealkylation sites (N-methyl/N-ethyl adjacent to an activating group) is 1. The van der Waals surface area contributed by atoms with Crippen LogP contribution in [0.3, 0.4) is 0 Å². The second-order valence-corrected chi connectivity index (χ2v) is 4.27. The first-order valence-corrected chi connectivity index (χ1v) is 6.94. The molecular weight excluding hydrogens is 244 g/mol. The Balaban J connectivity index is 3.54. The summed E-state index contributed by atoms with van der Waals surface area (Å²) in [7, 11) is 5.59. The summed E-state index contributed by atoms with van der Waals surface area (Å²) < 4.78 is 10.3. The van der Waals surface area contributed by atoms with E-state index in [-0.39, 0.29) is 0 Å². The van der Waals surface area contributed by atoms with Crippen molar-refractivity contribution >= 4 is 5.96 Å². The molecule has 2 N–H and O–H groups in total. The van der Waals surface area contributed by atoms with Gasteiger partial charge < -0.3 is 25.0 Å². The average Bonchev–Trinajstić information content (AvgIpc) is 2.42. The standard InChI is InChI=1S/C13H30N4O2/c1-5-19-11-6-7-15-13(14-2)16-8-9-17(3)10-12-18-4/h5-12H2,1-4H3,(H2,14,15,16). The van der Waals surface area contributed by atoms with Gasteiger partial charge in [0.25, 0.3) is 0 Å².